The minimum atomic E-state index is -0.128. The lowest BCUT2D eigenvalue weighted by Crippen LogP contribution is -2.04. The Morgan fingerprint density at radius 2 is 1.92 bits per heavy atom. The molecule has 0 N–H and O–H groups in total. The monoisotopic (exact) mass is 332 g/mol. The molecule has 1 aliphatic carbocycles. The third-order valence-corrected chi connectivity index (χ3v) is 4.20. The molecule has 0 aromatic heterocycles. The SMILES string of the molecule is CCCC/C=C/CC[C@H]1C=CC(=O)/C1=C/CCCCC(=O)OCC. The molecule has 0 aromatic carbocycles. The highest BCUT2D eigenvalue weighted by molar-refractivity contribution is 6.07. The van der Waals surface area contributed by atoms with Crippen molar-refractivity contribution in [1.82, 2.24) is 0 Å². The second kappa shape index (κ2) is 12.7. The van der Waals surface area contributed by atoms with Gasteiger partial charge in [-0.1, -0.05) is 44.1 Å². The van der Waals surface area contributed by atoms with E-state index in [-0.39, 0.29) is 17.7 Å². The lowest BCUT2D eigenvalue weighted by Gasteiger charge is -2.09. The van der Waals surface area contributed by atoms with Crippen LogP contribution >= 0.6 is 0 Å². The lowest BCUT2D eigenvalue weighted by atomic mass is 9.95. The smallest absolute Gasteiger partial charge is 0.305 e. The van der Waals surface area contributed by atoms with Gasteiger partial charge in [0, 0.05) is 17.9 Å². The molecular formula is C21H32O3. The summed E-state index contributed by atoms with van der Waals surface area (Å²) in [4.78, 5) is 23.2. The van der Waals surface area contributed by atoms with Gasteiger partial charge < -0.3 is 4.74 Å². The van der Waals surface area contributed by atoms with Crippen LogP contribution in [0.2, 0.25) is 0 Å². The molecule has 0 unspecified atom stereocenters. The van der Waals surface area contributed by atoms with Crippen LogP contribution in [0.4, 0.5) is 0 Å². The standard InChI is InChI=1S/C21H32O3/c1-3-5-6-7-8-10-13-18-16-17-20(22)19(18)14-11-9-12-15-21(23)24-4-2/h7-8,14,16-18H,3-6,9-13,15H2,1-2H3/b8-7+,19-14+/t18-/m0/s1. The van der Waals surface area contributed by atoms with Crippen molar-refractivity contribution in [1.29, 1.82) is 0 Å². The normalized spacial score (nSPS) is 18.8. The number of allylic oxidation sites excluding steroid dienone is 6. The van der Waals surface area contributed by atoms with Gasteiger partial charge in [0.2, 0.25) is 0 Å². The zero-order chi connectivity index (χ0) is 17.6. The first-order valence-electron chi connectivity index (χ1n) is 9.42. The van der Waals surface area contributed by atoms with Gasteiger partial charge in [0.05, 0.1) is 6.61 Å². The van der Waals surface area contributed by atoms with Crippen molar-refractivity contribution in [2.24, 2.45) is 5.92 Å². The number of ketones is 1. The van der Waals surface area contributed by atoms with Gasteiger partial charge in [-0.15, -0.1) is 0 Å². The highest BCUT2D eigenvalue weighted by Crippen LogP contribution is 2.27. The topological polar surface area (TPSA) is 43.4 Å². The second-order valence-corrected chi connectivity index (χ2v) is 6.23. The largest absolute Gasteiger partial charge is 0.466 e. The Kier molecular flexibility index (Phi) is 10.8. The molecule has 0 saturated heterocycles. The first-order chi connectivity index (χ1) is 11.7. The van der Waals surface area contributed by atoms with Crippen molar-refractivity contribution in [3.05, 3.63) is 36.0 Å². The fraction of sp³-hybridized carbons (Fsp3) is 0.619. The Morgan fingerprint density at radius 3 is 2.67 bits per heavy atom. The predicted molar refractivity (Wildman–Crippen MR) is 98.7 cm³/mol. The summed E-state index contributed by atoms with van der Waals surface area (Å²) in [6.07, 6.45) is 19.0. The summed E-state index contributed by atoms with van der Waals surface area (Å²) in [6, 6.07) is 0. The number of rotatable bonds is 12. The molecule has 3 heteroatoms. The maximum absolute atomic E-state index is 12.0. The third-order valence-electron chi connectivity index (χ3n) is 4.20. The zero-order valence-corrected chi connectivity index (χ0v) is 15.3. The quantitative estimate of drug-likeness (QED) is 0.210. The highest BCUT2D eigenvalue weighted by Gasteiger charge is 2.21. The summed E-state index contributed by atoms with van der Waals surface area (Å²) in [6.45, 7) is 4.46. The minimum absolute atomic E-state index is 0.128. The van der Waals surface area contributed by atoms with Gasteiger partial charge in [0.1, 0.15) is 0 Å². The number of esters is 1. The number of unbranched alkanes of at least 4 members (excludes halogenated alkanes) is 4. The van der Waals surface area contributed by atoms with Gasteiger partial charge in [-0.25, -0.2) is 0 Å². The number of carbonyl (C=O) groups is 2. The van der Waals surface area contributed by atoms with E-state index >= 15 is 0 Å². The third kappa shape index (κ3) is 8.28. The van der Waals surface area contributed by atoms with Gasteiger partial charge in [-0.3, -0.25) is 9.59 Å². The average Bonchev–Trinajstić information content (AvgIpc) is 2.91. The van der Waals surface area contributed by atoms with Crippen LogP contribution in [0.25, 0.3) is 0 Å². The predicted octanol–water partition coefficient (Wildman–Crippen LogP) is 5.32. The maximum atomic E-state index is 12.0. The van der Waals surface area contributed by atoms with Crippen LogP contribution in [0.3, 0.4) is 0 Å². The van der Waals surface area contributed by atoms with Crippen molar-refractivity contribution in [3.63, 3.8) is 0 Å². The van der Waals surface area contributed by atoms with E-state index in [1.54, 1.807) is 6.08 Å². The summed E-state index contributed by atoms with van der Waals surface area (Å²) in [5, 5.41) is 0. The molecule has 24 heavy (non-hydrogen) atoms. The van der Waals surface area contributed by atoms with Gasteiger partial charge in [-0.2, -0.15) is 0 Å². The molecule has 0 aliphatic heterocycles. The fourth-order valence-corrected chi connectivity index (χ4v) is 2.83. The Bertz CT molecular complexity index is 471. The van der Waals surface area contributed by atoms with E-state index in [1.807, 2.05) is 13.0 Å². The first kappa shape index (κ1) is 20.4. The molecule has 0 fully saturated rings. The molecule has 3 nitrogen and oxygen atoms in total. The fourth-order valence-electron chi connectivity index (χ4n) is 2.83. The Hall–Kier alpha value is -1.64. The molecule has 1 atom stereocenters. The molecule has 0 heterocycles. The number of hydrogen-bond donors (Lipinski definition) is 0. The van der Waals surface area contributed by atoms with Crippen molar-refractivity contribution < 1.29 is 14.3 Å². The molecular weight excluding hydrogens is 300 g/mol. The van der Waals surface area contributed by atoms with Crippen LogP contribution < -0.4 is 0 Å². The van der Waals surface area contributed by atoms with Gasteiger partial charge >= 0.3 is 5.97 Å². The number of ether oxygens (including phenoxy) is 1. The van der Waals surface area contributed by atoms with E-state index in [9.17, 15) is 9.59 Å². The summed E-state index contributed by atoms with van der Waals surface area (Å²) < 4.78 is 4.91. The van der Waals surface area contributed by atoms with Crippen LogP contribution in [0.1, 0.15) is 71.6 Å². The van der Waals surface area contributed by atoms with Gasteiger partial charge in [-0.05, 0) is 51.5 Å². The van der Waals surface area contributed by atoms with Crippen LogP contribution in [-0.4, -0.2) is 18.4 Å². The molecule has 1 aliphatic rings. The van der Waals surface area contributed by atoms with E-state index in [0.29, 0.717) is 13.0 Å². The average molecular weight is 332 g/mol. The van der Waals surface area contributed by atoms with Gasteiger partial charge in [0.25, 0.3) is 0 Å². The van der Waals surface area contributed by atoms with E-state index in [4.69, 9.17) is 4.74 Å². The van der Waals surface area contributed by atoms with Crippen LogP contribution in [0, 0.1) is 5.92 Å². The molecule has 1 rings (SSSR count). The number of hydrogen-bond acceptors (Lipinski definition) is 3. The second-order valence-electron chi connectivity index (χ2n) is 6.23. The van der Waals surface area contributed by atoms with E-state index in [1.165, 1.54) is 12.8 Å². The maximum Gasteiger partial charge on any atom is 0.305 e. The molecule has 134 valence electrons. The van der Waals surface area contributed by atoms with E-state index in [0.717, 1.165) is 44.1 Å². The number of carbonyl (C=O) groups excluding carboxylic acids is 2. The van der Waals surface area contributed by atoms with Crippen molar-refractivity contribution in [2.75, 3.05) is 6.61 Å². The van der Waals surface area contributed by atoms with E-state index in [2.05, 4.69) is 25.2 Å². The molecule has 0 aromatic rings. The highest BCUT2D eigenvalue weighted by atomic mass is 16.5. The van der Waals surface area contributed by atoms with Crippen molar-refractivity contribution in [2.45, 2.75) is 71.6 Å². The molecule has 0 radical (unpaired) electrons. The Morgan fingerprint density at radius 1 is 1.12 bits per heavy atom. The summed E-state index contributed by atoms with van der Waals surface area (Å²) in [7, 11) is 0. The van der Waals surface area contributed by atoms with Gasteiger partial charge in [0.15, 0.2) is 5.78 Å². The summed E-state index contributed by atoms with van der Waals surface area (Å²) >= 11 is 0. The Labute approximate surface area is 146 Å². The Balaban J connectivity index is 2.29. The molecule has 0 saturated carbocycles. The van der Waals surface area contributed by atoms with Crippen molar-refractivity contribution >= 4 is 11.8 Å². The summed E-state index contributed by atoms with van der Waals surface area (Å²) in [5.41, 5.74) is 0.938. The molecule has 0 spiro atoms. The zero-order valence-electron chi connectivity index (χ0n) is 15.3. The molecule has 0 amide bonds. The molecule has 0 bridgehead atoms. The lowest BCUT2D eigenvalue weighted by molar-refractivity contribution is -0.143. The van der Waals surface area contributed by atoms with Crippen LogP contribution in [-0.2, 0) is 14.3 Å². The summed E-state index contributed by atoms with van der Waals surface area (Å²) in [5.74, 6) is 0.287. The van der Waals surface area contributed by atoms with Crippen LogP contribution in [0.5, 0.6) is 0 Å². The van der Waals surface area contributed by atoms with Crippen LogP contribution in [0.15, 0.2) is 36.0 Å². The minimum Gasteiger partial charge on any atom is -0.466 e. The van der Waals surface area contributed by atoms with E-state index < -0.39 is 0 Å². The van der Waals surface area contributed by atoms with Crippen molar-refractivity contribution in [3.8, 4) is 0 Å². The first-order valence-corrected chi connectivity index (χ1v) is 9.42.